The maximum atomic E-state index is 11.6. The van der Waals surface area contributed by atoms with Gasteiger partial charge >= 0.3 is 0 Å². The molecule has 1 aromatic rings. The van der Waals surface area contributed by atoms with Crippen molar-refractivity contribution in [1.29, 1.82) is 0 Å². The number of benzene rings is 1. The van der Waals surface area contributed by atoms with Crippen LogP contribution in [0.2, 0.25) is 5.02 Å². The lowest BCUT2D eigenvalue weighted by molar-refractivity contribution is -0.147. The average Bonchev–Trinajstić information content (AvgIpc) is 2.26. The summed E-state index contributed by atoms with van der Waals surface area (Å²) in [6.07, 6.45) is 0. The van der Waals surface area contributed by atoms with Gasteiger partial charge in [-0.3, -0.25) is 19.8 Å². The molecular formula is C12H13ClN2O2. The van der Waals surface area contributed by atoms with Crippen LogP contribution in [0.3, 0.4) is 0 Å². The van der Waals surface area contributed by atoms with Crippen molar-refractivity contribution < 1.29 is 9.59 Å². The van der Waals surface area contributed by atoms with E-state index in [1.165, 1.54) is 4.90 Å². The van der Waals surface area contributed by atoms with Crippen LogP contribution in [0, 0.1) is 6.92 Å². The number of carbonyl (C=O) groups is 2. The van der Waals surface area contributed by atoms with Gasteiger partial charge in [0, 0.05) is 5.02 Å². The van der Waals surface area contributed by atoms with E-state index in [4.69, 9.17) is 11.6 Å². The van der Waals surface area contributed by atoms with E-state index in [0.717, 1.165) is 11.1 Å². The van der Waals surface area contributed by atoms with Gasteiger partial charge in [0.25, 0.3) is 0 Å². The van der Waals surface area contributed by atoms with Crippen LogP contribution in [0.15, 0.2) is 18.2 Å². The monoisotopic (exact) mass is 252 g/mol. The number of carbonyl (C=O) groups excluding carboxylic acids is 2. The largest absolute Gasteiger partial charge is 0.300 e. The fourth-order valence-electron chi connectivity index (χ4n) is 1.73. The van der Waals surface area contributed by atoms with Gasteiger partial charge in [0.2, 0.25) is 11.8 Å². The van der Waals surface area contributed by atoms with E-state index in [0.29, 0.717) is 5.02 Å². The van der Waals surface area contributed by atoms with E-state index in [1.54, 1.807) is 0 Å². The zero-order chi connectivity index (χ0) is 12.4. The Hall–Kier alpha value is -1.39. The van der Waals surface area contributed by atoms with Crippen LogP contribution in [0.25, 0.3) is 0 Å². The van der Waals surface area contributed by atoms with Crippen molar-refractivity contribution in [2.24, 2.45) is 0 Å². The summed E-state index contributed by atoms with van der Waals surface area (Å²) in [5, 5.41) is 3.34. The average molecular weight is 253 g/mol. The van der Waals surface area contributed by atoms with Crippen LogP contribution in [0.1, 0.15) is 11.1 Å². The van der Waals surface area contributed by atoms with Gasteiger partial charge in [-0.05, 0) is 24.1 Å². The summed E-state index contributed by atoms with van der Waals surface area (Å²) >= 11 is 6.08. The third-order valence-corrected chi connectivity index (χ3v) is 3.04. The number of nitrogens with one attached hydrogen (secondary N) is 1. The third kappa shape index (κ3) is 2.65. The second kappa shape index (κ2) is 4.85. The first-order valence-corrected chi connectivity index (χ1v) is 5.74. The number of amides is 2. The molecule has 1 saturated heterocycles. The topological polar surface area (TPSA) is 49.4 Å². The minimum atomic E-state index is -0.210. The van der Waals surface area contributed by atoms with Crippen molar-refractivity contribution in [2.75, 3.05) is 13.1 Å². The number of imide groups is 1. The highest BCUT2D eigenvalue weighted by Gasteiger charge is 2.25. The molecular weight excluding hydrogens is 240 g/mol. The number of rotatable bonds is 2. The zero-order valence-corrected chi connectivity index (χ0v) is 10.3. The van der Waals surface area contributed by atoms with Crippen LogP contribution in [0.4, 0.5) is 0 Å². The maximum absolute atomic E-state index is 11.6. The van der Waals surface area contributed by atoms with E-state index in [1.807, 2.05) is 25.1 Å². The molecule has 1 heterocycles. The first-order chi connectivity index (χ1) is 8.08. The molecule has 0 spiro atoms. The molecule has 0 bridgehead atoms. The van der Waals surface area contributed by atoms with Crippen molar-refractivity contribution in [3.05, 3.63) is 34.3 Å². The number of piperazine rings is 1. The number of hydrogen-bond acceptors (Lipinski definition) is 3. The lowest BCUT2D eigenvalue weighted by atomic mass is 10.1. The molecule has 0 aliphatic carbocycles. The van der Waals surface area contributed by atoms with E-state index in [-0.39, 0.29) is 31.4 Å². The predicted octanol–water partition coefficient (Wildman–Crippen LogP) is 1.11. The Labute approximate surface area is 105 Å². The van der Waals surface area contributed by atoms with Crippen LogP contribution in [-0.2, 0) is 16.1 Å². The quantitative estimate of drug-likeness (QED) is 0.802. The minimum absolute atomic E-state index is 0.204. The predicted molar refractivity (Wildman–Crippen MR) is 64.6 cm³/mol. The van der Waals surface area contributed by atoms with Crippen LogP contribution in [0.5, 0.6) is 0 Å². The standard InChI is InChI=1S/C12H13ClN2O2/c1-8-2-3-9(10(13)4-8)7-15-11(16)5-14-6-12(15)17/h2-4,14H,5-7H2,1H3. The number of halogens is 1. The Balaban J connectivity index is 2.19. The summed E-state index contributed by atoms with van der Waals surface area (Å²) in [6.45, 7) is 2.60. The summed E-state index contributed by atoms with van der Waals surface area (Å²) in [5.74, 6) is -0.421. The summed E-state index contributed by atoms with van der Waals surface area (Å²) < 4.78 is 0. The van der Waals surface area contributed by atoms with Gasteiger partial charge < -0.3 is 0 Å². The molecule has 2 rings (SSSR count). The minimum Gasteiger partial charge on any atom is -0.300 e. The van der Waals surface area contributed by atoms with Gasteiger partial charge in [0.15, 0.2) is 0 Å². The molecule has 0 saturated carbocycles. The summed E-state index contributed by atoms with van der Waals surface area (Å²) in [6, 6.07) is 5.59. The van der Waals surface area contributed by atoms with Gasteiger partial charge in [-0.2, -0.15) is 0 Å². The van der Waals surface area contributed by atoms with E-state index >= 15 is 0 Å². The fourth-order valence-corrected chi connectivity index (χ4v) is 2.03. The van der Waals surface area contributed by atoms with Gasteiger partial charge in [-0.15, -0.1) is 0 Å². The SMILES string of the molecule is Cc1ccc(CN2C(=O)CNCC2=O)c(Cl)c1. The molecule has 1 aliphatic heterocycles. The first kappa shape index (κ1) is 12.1. The Morgan fingerprint density at radius 2 is 1.94 bits per heavy atom. The van der Waals surface area contributed by atoms with Crippen molar-refractivity contribution in [2.45, 2.75) is 13.5 Å². The highest BCUT2D eigenvalue weighted by Crippen LogP contribution is 2.19. The Kier molecular flexibility index (Phi) is 3.45. The Morgan fingerprint density at radius 1 is 1.29 bits per heavy atom. The van der Waals surface area contributed by atoms with Crippen LogP contribution in [-0.4, -0.2) is 29.8 Å². The van der Waals surface area contributed by atoms with E-state index in [2.05, 4.69) is 5.32 Å². The van der Waals surface area contributed by atoms with Gasteiger partial charge in [0.05, 0.1) is 19.6 Å². The normalized spacial score (nSPS) is 16.5. The Morgan fingerprint density at radius 3 is 2.53 bits per heavy atom. The molecule has 2 amide bonds. The highest BCUT2D eigenvalue weighted by atomic mass is 35.5. The summed E-state index contributed by atoms with van der Waals surface area (Å²) in [7, 11) is 0. The lowest BCUT2D eigenvalue weighted by Gasteiger charge is -2.25. The second-order valence-corrected chi connectivity index (χ2v) is 4.48. The van der Waals surface area contributed by atoms with E-state index < -0.39 is 0 Å². The number of aryl methyl sites for hydroxylation is 1. The maximum Gasteiger partial charge on any atom is 0.243 e. The van der Waals surface area contributed by atoms with Crippen molar-refractivity contribution in [3.63, 3.8) is 0 Å². The smallest absolute Gasteiger partial charge is 0.243 e. The number of nitrogens with zero attached hydrogens (tertiary/aromatic N) is 1. The van der Waals surface area contributed by atoms with Crippen molar-refractivity contribution >= 4 is 23.4 Å². The first-order valence-electron chi connectivity index (χ1n) is 5.37. The molecule has 1 fully saturated rings. The molecule has 90 valence electrons. The van der Waals surface area contributed by atoms with Gasteiger partial charge in [-0.1, -0.05) is 23.7 Å². The third-order valence-electron chi connectivity index (χ3n) is 2.69. The van der Waals surface area contributed by atoms with Gasteiger partial charge in [0.1, 0.15) is 0 Å². The summed E-state index contributed by atoms with van der Waals surface area (Å²) in [4.78, 5) is 24.4. The molecule has 17 heavy (non-hydrogen) atoms. The van der Waals surface area contributed by atoms with Crippen molar-refractivity contribution in [1.82, 2.24) is 10.2 Å². The van der Waals surface area contributed by atoms with Crippen molar-refractivity contribution in [3.8, 4) is 0 Å². The molecule has 1 N–H and O–H groups in total. The molecule has 0 unspecified atom stereocenters. The molecule has 1 aromatic carbocycles. The molecule has 0 atom stereocenters. The molecule has 0 radical (unpaired) electrons. The highest BCUT2D eigenvalue weighted by molar-refractivity contribution is 6.31. The van der Waals surface area contributed by atoms with Gasteiger partial charge in [-0.25, -0.2) is 0 Å². The van der Waals surface area contributed by atoms with Crippen LogP contribution < -0.4 is 5.32 Å². The Bertz CT molecular complexity index is 458. The zero-order valence-electron chi connectivity index (χ0n) is 9.50. The second-order valence-electron chi connectivity index (χ2n) is 4.07. The fraction of sp³-hybridized carbons (Fsp3) is 0.333. The van der Waals surface area contributed by atoms with Crippen LogP contribution >= 0.6 is 11.6 Å². The summed E-state index contributed by atoms with van der Waals surface area (Å²) in [5.41, 5.74) is 1.84. The lowest BCUT2D eigenvalue weighted by Crippen LogP contribution is -2.51. The number of hydrogen-bond donors (Lipinski definition) is 1. The molecule has 4 nitrogen and oxygen atoms in total. The van der Waals surface area contributed by atoms with E-state index in [9.17, 15) is 9.59 Å². The molecule has 0 aromatic heterocycles. The molecule has 1 aliphatic rings. The molecule has 5 heteroatoms.